The molecule has 0 saturated heterocycles. The van der Waals surface area contributed by atoms with E-state index in [1.54, 1.807) is 19.2 Å². The molecule has 1 atom stereocenters. The van der Waals surface area contributed by atoms with Gasteiger partial charge in [0, 0.05) is 11.8 Å². The zero-order valence-electron chi connectivity index (χ0n) is 10.7. The molecule has 0 aliphatic rings. The number of hydrogen-bond donors (Lipinski definition) is 1. The Bertz CT molecular complexity index is 557. The lowest BCUT2D eigenvalue weighted by Crippen LogP contribution is -2.07. The molecule has 0 spiro atoms. The third kappa shape index (κ3) is 2.41. The zero-order valence-corrected chi connectivity index (χ0v) is 10.7. The van der Waals surface area contributed by atoms with Crippen LogP contribution < -0.4 is 0 Å². The molecule has 2 aromatic rings. The second-order valence-electron chi connectivity index (χ2n) is 4.64. The SMILES string of the molecule is Cc1ccnc(C(O)c2c(C)cc(C)cc2F)c1. The monoisotopic (exact) mass is 245 g/mol. The summed E-state index contributed by atoms with van der Waals surface area (Å²) in [6.07, 6.45) is 0.598. The fourth-order valence-corrected chi connectivity index (χ4v) is 2.13. The van der Waals surface area contributed by atoms with E-state index in [0.29, 0.717) is 11.3 Å². The summed E-state index contributed by atoms with van der Waals surface area (Å²) in [5, 5.41) is 10.3. The van der Waals surface area contributed by atoms with E-state index in [4.69, 9.17) is 0 Å². The van der Waals surface area contributed by atoms with Crippen LogP contribution in [0.4, 0.5) is 4.39 Å². The molecule has 0 radical (unpaired) electrons. The summed E-state index contributed by atoms with van der Waals surface area (Å²) in [5.74, 6) is -0.386. The van der Waals surface area contributed by atoms with Crippen molar-refractivity contribution < 1.29 is 9.50 Å². The van der Waals surface area contributed by atoms with Gasteiger partial charge in [-0.2, -0.15) is 0 Å². The van der Waals surface area contributed by atoms with E-state index in [2.05, 4.69) is 4.98 Å². The summed E-state index contributed by atoms with van der Waals surface area (Å²) in [6, 6.07) is 6.90. The minimum Gasteiger partial charge on any atom is -0.382 e. The Morgan fingerprint density at radius 2 is 1.83 bits per heavy atom. The van der Waals surface area contributed by atoms with Crippen molar-refractivity contribution >= 4 is 0 Å². The van der Waals surface area contributed by atoms with Crippen LogP contribution in [-0.2, 0) is 0 Å². The molecule has 3 heteroatoms. The lowest BCUT2D eigenvalue weighted by molar-refractivity contribution is 0.209. The molecule has 0 aliphatic heterocycles. The number of nitrogens with zero attached hydrogens (tertiary/aromatic N) is 1. The standard InChI is InChI=1S/C15H16FNO/c1-9-4-5-17-13(8-9)15(18)14-11(3)6-10(2)7-12(14)16/h4-8,15,18H,1-3H3. The van der Waals surface area contributed by atoms with Gasteiger partial charge in [-0.25, -0.2) is 4.39 Å². The summed E-state index contributed by atoms with van der Waals surface area (Å²) in [6.45, 7) is 5.54. The van der Waals surface area contributed by atoms with Gasteiger partial charge in [0.1, 0.15) is 11.9 Å². The van der Waals surface area contributed by atoms with Crippen molar-refractivity contribution in [1.29, 1.82) is 0 Å². The molecule has 94 valence electrons. The molecule has 0 amide bonds. The Balaban J connectivity index is 2.49. The maximum Gasteiger partial charge on any atom is 0.129 e. The van der Waals surface area contributed by atoms with Gasteiger partial charge < -0.3 is 5.11 Å². The topological polar surface area (TPSA) is 33.1 Å². The number of rotatable bonds is 2. The van der Waals surface area contributed by atoms with Gasteiger partial charge in [0.15, 0.2) is 0 Å². The van der Waals surface area contributed by atoms with Crippen LogP contribution in [-0.4, -0.2) is 10.1 Å². The highest BCUT2D eigenvalue weighted by Crippen LogP contribution is 2.27. The lowest BCUT2D eigenvalue weighted by atomic mass is 9.97. The molecule has 0 aliphatic carbocycles. The maximum absolute atomic E-state index is 14.0. The van der Waals surface area contributed by atoms with Crippen LogP contribution in [0, 0.1) is 26.6 Å². The van der Waals surface area contributed by atoms with Crippen molar-refractivity contribution in [3.63, 3.8) is 0 Å². The smallest absolute Gasteiger partial charge is 0.129 e. The van der Waals surface area contributed by atoms with Crippen molar-refractivity contribution in [3.05, 3.63) is 64.2 Å². The highest BCUT2D eigenvalue weighted by atomic mass is 19.1. The first kappa shape index (κ1) is 12.7. The van der Waals surface area contributed by atoms with E-state index < -0.39 is 6.10 Å². The number of pyridine rings is 1. The number of hydrogen-bond acceptors (Lipinski definition) is 2. The second kappa shape index (κ2) is 4.86. The quantitative estimate of drug-likeness (QED) is 0.881. The fraction of sp³-hybridized carbons (Fsp3) is 0.267. The van der Waals surface area contributed by atoms with Crippen LogP contribution in [0.1, 0.15) is 34.1 Å². The Labute approximate surface area is 106 Å². The Morgan fingerprint density at radius 3 is 2.44 bits per heavy atom. The Kier molecular flexibility index (Phi) is 3.43. The van der Waals surface area contributed by atoms with Crippen molar-refractivity contribution in [2.45, 2.75) is 26.9 Å². The molecule has 1 N–H and O–H groups in total. The highest BCUT2D eigenvalue weighted by molar-refractivity contribution is 5.37. The number of aliphatic hydroxyl groups is 1. The van der Waals surface area contributed by atoms with E-state index in [1.165, 1.54) is 6.07 Å². The molecule has 1 aromatic carbocycles. The third-order valence-electron chi connectivity index (χ3n) is 2.97. The van der Waals surface area contributed by atoms with E-state index in [0.717, 1.165) is 16.7 Å². The summed E-state index contributed by atoms with van der Waals surface area (Å²) in [4.78, 5) is 4.10. The van der Waals surface area contributed by atoms with E-state index >= 15 is 0 Å². The molecule has 0 fully saturated rings. The van der Waals surface area contributed by atoms with E-state index in [-0.39, 0.29) is 5.82 Å². The molecule has 1 aromatic heterocycles. The Morgan fingerprint density at radius 1 is 1.11 bits per heavy atom. The average Bonchev–Trinajstić information content (AvgIpc) is 2.27. The number of aryl methyl sites for hydroxylation is 3. The molecule has 1 unspecified atom stereocenters. The maximum atomic E-state index is 14.0. The molecule has 0 bridgehead atoms. The molecular weight excluding hydrogens is 229 g/mol. The van der Waals surface area contributed by atoms with Crippen LogP contribution in [0.25, 0.3) is 0 Å². The molecule has 2 rings (SSSR count). The molecule has 1 heterocycles. The summed E-state index contributed by atoms with van der Waals surface area (Å²) >= 11 is 0. The van der Waals surface area contributed by atoms with Crippen molar-refractivity contribution in [3.8, 4) is 0 Å². The van der Waals surface area contributed by atoms with Crippen LogP contribution in [0.3, 0.4) is 0 Å². The van der Waals surface area contributed by atoms with Gasteiger partial charge in [-0.1, -0.05) is 6.07 Å². The van der Waals surface area contributed by atoms with Crippen molar-refractivity contribution in [1.82, 2.24) is 4.98 Å². The van der Waals surface area contributed by atoms with E-state index in [9.17, 15) is 9.50 Å². The molecule has 0 saturated carbocycles. The number of benzene rings is 1. The number of aliphatic hydroxyl groups excluding tert-OH is 1. The summed E-state index contributed by atoms with van der Waals surface area (Å²) < 4.78 is 14.0. The van der Waals surface area contributed by atoms with Gasteiger partial charge in [0.2, 0.25) is 0 Å². The first-order valence-electron chi connectivity index (χ1n) is 5.86. The minimum absolute atomic E-state index is 0.304. The summed E-state index contributed by atoms with van der Waals surface area (Å²) in [7, 11) is 0. The van der Waals surface area contributed by atoms with Crippen LogP contribution in [0.15, 0.2) is 30.5 Å². The lowest BCUT2D eigenvalue weighted by Gasteiger charge is -2.15. The predicted octanol–water partition coefficient (Wildman–Crippen LogP) is 3.23. The average molecular weight is 245 g/mol. The van der Waals surface area contributed by atoms with Crippen LogP contribution in [0.5, 0.6) is 0 Å². The number of aromatic nitrogens is 1. The van der Waals surface area contributed by atoms with Gasteiger partial charge in [-0.05, 0) is 55.7 Å². The summed E-state index contributed by atoms with van der Waals surface area (Å²) in [5.41, 5.74) is 3.35. The van der Waals surface area contributed by atoms with Crippen LogP contribution >= 0.6 is 0 Å². The van der Waals surface area contributed by atoms with Crippen LogP contribution in [0.2, 0.25) is 0 Å². The Hall–Kier alpha value is -1.74. The predicted molar refractivity (Wildman–Crippen MR) is 68.9 cm³/mol. The molecule has 2 nitrogen and oxygen atoms in total. The molecular formula is C15H16FNO. The normalized spacial score (nSPS) is 12.5. The largest absolute Gasteiger partial charge is 0.382 e. The van der Waals surface area contributed by atoms with Crippen molar-refractivity contribution in [2.24, 2.45) is 0 Å². The highest BCUT2D eigenvalue weighted by Gasteiger charge is 2.19. The zero-order chi connectivity index (χ0) is 13.3. The van der Waals surface area contributed by atoms with Gasteiger partial charge in [-0.15, -0.1) is 0 Å². The first-order valence-corrected chi connectivity index (χ1v) is 5.86. The fourth-order valence-electron chi connectivity index (χ4n) is 2.13. The van der Waals surface area contributed by atoms with Gasteiger partial charge in [0.25, 0.3) is 0 Å². The minimum atomic E-state index is -1.02. The third-order valence-corrected chi connectivity index (χ3v) is 2.97. The molecule has 18 heavy (non-hydrogen) atoms. The number of halogens is 1. The van der Waals surface area contributed by atoms with Gasteiger partial charge in [-0.3, -0.25) is 4.98 Å². The van der Waals surface area contributed by atoms with E-state index in [1.807, 2.05) is 26.0 Å². The van der Waals surface area contributed by atoms with Crippen molar-refractivity contribution in [2.75, 3.05) is 0 Å². The van der Waals surface area contributed by atoms with Gasteiger partial charge in [0.05, 0.1) is 5.69 Å². The first-order chi connectivity index (χ1) is 8.49. The second-order valence-corrected chi connectivity index (χ2v) is 4.64. The van der Waals surface area contributed by atoms with Gasteiger partial charge >= 0.3 is 0 Å².